The zero-order chi connectivity index (χ0) is 22.0. The van der Waals surface area contributed by atoms with Gasteiger partial charge >= 0.3 is 0 Å². The van der Waals surface area contributed by atoms with E-state index >= 15 is 0 Å². The van der Waals surface area contributed by atoms with Crippen LogP contribution in [-0.2, 0) is 6.42 Å². The Hall–Kier alpha value is -2.67. The van der Waals surface area contributed by atoms with E-state index in [0.29, 0.717) is 49.6 Å². The second kappa shape index (κ2) is 9.00. The van der Waals surface area contributed by atoms with Crippen LogP contribution >= 0.6 is 11.6 Å². The average molecular weight is 434 g/mol. The van der Waals surface area contributed by atoms with Crippen molar-refractivity contribution in [2.45, 2.75) is 33.6 Å². The molecule has 1 aromatic heterocycles. The van der Waals surface area contributed by atoms with Gasteiger partial charge in [-0.2, -0.15) is 0 Å². The summed E-state index contributed by atoms with van der Waals surface area (Å²) < 4.78 is 13.2. The summed E-state index contributed by atoms with van der Waals surface area (Å²) in [7, 11) is 0. The highest BCUT2D eigenvalue weighted by molar-refractivity contribution is 6.33. The summed E-state index contributed by atoms with van der Waals surface area (Å²) in [5.74, 6) is -1.01. The van der Waals surface area contributed by atoms with Gasteiger partial charge in [0.2, 0.25) is 0 Å². The molecule has 2 amide bonds. The van der Waals surface area contributed by atoms with E-state index in [9.17, 15) is 18.8 Å². The fourth-order valence-electron chi connectivity index (χ4n) is 3.94. The van der Waals surface area contributed by atoms with Crippen LogP contribution in [-0.4, -0.2) is 58.6 Å². The number of aryl methyl sites for hydroxylation is 1. The first-order chi connectivity index (χ1) is 14.2. The van der Waals surface area contributed by atoms with E-state index in [1.807, 2.05) is 6.92 Å². The van der Waals surface area contributed by atoms with Gasteiger partial charge in [-0.3, -0.25) is 14.4 Å². The predicted octanol–water partition coefficient (Wildman–Crippen LogP) is 3.87. The molecule has 1 saturated heterocycles. The lowest BCUT2D eigenvalue weighted by molar-refractivity contribution is 0.0532. The maximum Gasteiger partial charge on any atom is 0.270 e. The Labute approximate surface area is 180 Å². The van der Waals surface area contributed by atoms with Crippen LogP contribution in [0.2, 0.25) is 5.02 Å². The smallest absolute Gasteiger partial charge is 0.270 e. The number of carbonyl (C=O) groups excluding carboxylic acids is 3. The van der Waals surface area contributed by atoms with Crippen molar-refractivity contribution in [3.05, 3.63) is 57.1 Å². The number of hydrogen-bond donors (Lipinski definition) is 1. The molecule has 0 bridgehead atoms. The fourth-order valence-corrected chi connectivity index (χ4v) is 4.19. The third-order valence-corrected chi connectivity index (χ3v) is 5.69. The lowest BCUT2D eigenvalue weighted by Crippen LogP contribution is -2.50. The highest BCUT2D eigenvalue weighted by Crippen LogP contribution is 2.24. The van der Waals surface area contributed by atoms with Crippen LogP contribution in [0, 0.1) is 12.7 Å². The van der Waals surface area contributed by atoms with Gasteiger partial charge in [0, 0.05) is 37.4 Å². The second-order valence-electron chi connectivity index (χ2n) is 7.49. The maximum absolute atomic E-state index is 13.2. The van der Waals surface area contributed by atoms with Crippen LogP contribution in [0.4, 0.5) is 4.39 Å². The summed E-state index contributed by atoms with van der Waals surface area (Å²) >= 11 is 6.01. The highest BCUT2D eigenvalue weighted by atomic mass is 35.5. The first kappa shape index (κ1) is 22.0. The highest BCUT2D eigenvalue weighted by Gasteiger charge is 2.30. The zero-order valence-electron chi connectivity index (χ0n) is 17.3. The first-order valence-electron chi connectivity index (χ1n) is 10.0. The van der Waals surface area contributed by atoms with E-state index in [1.54, 1.807) is 16.7 Å². The molecule has 2 aromatic rings. The van der Waals surface area contributed by atoms with Crippen LogP contribution in [0.3, 0.4) is 0 Å². The minimum atomic E-state index is -0.499. The molecule has 1 aromatic carbocycles. The second-order valence-corrected chi connectivity index (χ2v) is 7.90. The van der Waals surface area contributed by atoms with Crippen LogP contribution in [0.15, 0.2) is 18.2 Å². The molecule has 0 atom stereocenters. The fraction of sp³-hybridized carbons (Fsp3) is 0.409. The standard InChI is InChI=1S/C22H25ClFN3O3/c1-4-5-17-19(14(3)28)13(2)25-20(17)22(30)27-10-8-26(9-11-27)21(29)16-7-6-15(24)12-18(16)23/h6-7,12,25H,4-5,8-11H2,1-3H3. The Morgan fingerprint density at radius 3 is 2.23 bits per heavy atom. The molecule has 8 heteroatoms. The zero-order valence-corrected chi connectivity index (χ0v) is 18.1. The van der Waals surface area contributed by atoms with Gasteiger partial charge in [-0.15, -0.1) is 0 Å². The molecule has 0 aliphatic carbocycles. The Balaban J connectivity index is 1.74. The lowest BCUT2D eigenvalue weighted by Gasteiger charge is -2.35. The predicted molar refractivity (Wildman–Crippen MR) is 113 cm³/mol. The van der Waals surface area contributed by atoms with E-state index in [4.69, 9.17) is 11.6 Å². The van der Waals surface area contributed by atoms with Crippen molar-refractivity contribution in [3.63, 3.8) is 0 Å². The molecule has 1 aliphatic heterocycles. The molecule has 6 nitrogen and oxygen atoms in total. The van der Waals surface area contributed by atoms with E-state index < -0.39 is 5.82 Å². The number of H-pyrrole nitrogens is 1. The SMILES string of the molecule is CCCc1c(C(=O)N2CCN(C(=O)c3ccc(F)cc3Cl)CC2)[nH]c(C)c1C(C)=O. The third kappa shape index (κ3) is 4.26. The third-order valence-electron chi connectivity index (χ3n) is 5.37. The molecular formula is C22H25ClFN3O3. The maximum atomic E-state index is 13.2. The summed E-state index contributed by atoms with van der Waals surface area (Å²) in [6, 6.07) is 3.69. The summed E-state index contributed by atoms with van der Waals surface area (Å²) in [6.45, 7) is 6.74. The largest absolute Gasteiger partial charge is 0.354 e. The van der Waals surface area contributed by atoms with Crippen molar-refractivity contribution in [2.75, 3.05) is 26.2 Å². The van der Waals surface area contributed by atoms with Gasteiger partial charge in [0.25, 0.3) is 11.8 Å². The molecule has 2 heterocycles. The van der Waals surface area contributed by atoms with Crippen LogP contribution in [0.1, 0.15) is 62.7 Å². The normalized spacial score (nSPS) is 14.2. The molecule has 0 radical (unpaired) electrons. The van der Waals surface area contributed by atoms with Crippen molar-refractivity contribution in [2.24, 2.45) is 0 Å². The monoisotopic (exact) mass is 433 g/mol. The molecular weight excluding hydrogens is 409 g/mol. The number of nitrogens with zero attached hydrogens (tertiary/aromatic N) is 2. The van der Waals surface area contributed by atoms with Gasteiger partial charge in [0.1, 0.15) is 11.5 Å². The van der Waals surface area contributed by atoms with E-state index in [-0.39, 0.29) is 28.2 Å². The van der Waals surface area contributed by atoms with Crippen LogP contribution in [0.25, 0.3) is 0 Å². The number of rotatable bonds is 5. The van der Waals surface area contributed by atoms with Crippen LogP contribution in [0.5, 0.6) is 0 Å². The number of amides is 2. The van der Waals surface area contributed by atoms with Crippen molar-refractivity contribution in [1.82, 2.24) is 14.8 Å². The summed E-state index contributed by atoms with van der Waals surface area (Å²) in [6.07, 6.45) is 1.46. The molecule has 3 rings (SSSR count). The van der Waals surface area contributed by atoms with E-state index in [0.717, 1.165) is 18.1 Å². The van der Waals surface area contributed by atoms with Crippen molar-refractivity contribution in [1.29, 1.82) is 0 Å². The van der Waals surface area contributed by atoms with Gasteiger partial charge in [-0.25, -0.2) is 4.39 Å². The number of piperazine rings is 1. The number of ketones is 1. The molecule has 0 unspecified atom stereocenters. The first-order valence-corrected chi connectivity index (χ1v) is 10.4. The van der Waals surface area contributed by atoms with Crippen molar-refractivity contribution < 1.29 is 18.8 Å². The molecule has 160 valence electrons. The number of nitrogens with one attached hydrogen (secondary N) is 1. The van der Waals surface area contributed by atoms with Crippen molar-refractivity contribution >= 4 is 29.2 Å². The molecule has 0 spiro atoms. The van der Waals surface area contributed by atoms with Gasteiger partial charge in [-0.05, 0) is 44.0 Å². The van der Waals surface area contributed by atoms with Gasteiger partial charge in [0.15, 0.2) is 5.78 Å². The molecule has 1 fully saturated rings. The topological polar surface area (TPSA) is 73.5 Å². The average Bonchev–Trinajstić information content (AvgIpc) is 3.03. The minimum absolute atomic E-state index is 0.0576. The van der Waals surface area contributed by atoms with Crippen LogP contribution < -0.4 is 0 Å². The van der Waals surface area contributed by atoms with Gasteiger partial charge in [-0.1, -0.05) is 24.9 Å². The molecule has 1 N–H and O–H groups in total. The summed E-state index contributed by atoms with van der Waals surface area (Å²) in [5.41, 5.74) is 2.77. The number of aromatic amines is 1. The number of halogens is 2. The Morgan fingerprint density at radius 2 is 1.70 bits per heavy atom. The summed E-state index contributed by atoms with van der Waals surface area (Å²) in [5, 5.41) is 0.0707. The van der Waals surface area contributed by atoms with E-state index in [2.05, 4.69) is 4.98 Å². The number of Topliss-reactive ketones (excluding diaryl/α,β-unsaturated/α-hetero) is 1. The molecule has 1 aliphatic rings. The van der Waals surface area contributed by atoms with Crippen molar-refractivity contribution in [3.8, 4) is 0 Å². The van der Waals surface area contributed by atoms with Gasteiger partial charge < -0.3 is 14.8 Å². The number of carbonyl (C=O) groups is 3. The number of aromatic nitrogens is 1. The quantitative estimate of drug-likeness (QED) is 0.727. The number of hydrogen-bond acceptors (Lipinski definition) is 3. The molecule has 30 heavy (non-hydrogen) atoms. The Morgan fingerprint density at radius 1 is 1.10 bits per heavy atom. The minimum Gasteiger partial charge on any atom is -0.354 e. The Kier molecular flexibility index (Phi) is 6.61. The Bertz CT molecular complexity index is 994. The van der Waals surface area contributed by atoms with Gasteiger partial charge in [0.05, 0.1) is 10.6 Å². The lowest BCUT2D eigenvalue weighted by atomic mass is 10.0. The summed E-state index contributed by atoms with van der Waals surface area (Å²) in [4.78, 5) is 44.3. The van der Waals surface area contributed by atoms with E-state index in [1.165, 1.54) is 19.1 Å². The molecule has 0 saturated carbocycles. The number of benzene rings is 1.